The summed E-state index contributed by atoms with van der Waals surface area (Å²) in [6, 6.07) is 6.61. The van der Waals surface area contributed by atoms with Gasteiger partial charge in [-0.1, -0.05) is 6.07 Å². The van der Waals surface area contributed by atoms with Crippen LogP contribution in [0.15, 0.2) is 18.2 Å². The number of benzene rings is 1. The molecule has 0 unspecified atom stereocenters. The van der Waals surface area contributed by atoms with E-state index in [9.17, 15) is 13.2 Å². The molecule has 0 aliphatic rings. The lowest BCUT2D eigenvalue weighted by atomic mass is 10.1. The molecule has 3 nitrogen and oxygen atoms in total. The van der Waals surface area contributed by atoms with Gasteiger partial charge in [0, 0.05) is 0 Å². The Balaban J connectivity index is 2.49. The third-order valence-electron chi connectivity index (χ3n) is 1.88. The van der Waals surface area contributed by atoms with E-state index in [4.69, 9.17) is 10.00 Å². The van der Waals surface area contributed by atoms with Crippen LogP contribution >= 0.6 is 0 Å². The van der Waals surface area contributed by atoms with Gasteiger partial charge in [-0.2, -0.15) is 18.4 Å². The van der Waals surface area contributed by atoms with E-state index in [1.165, 1.54) is 6.07 Å². The highest BCUT2D eigenvalue weighted by Crippen LogP contribution is 2.20. The van der Waals surface area contributed by atoms with Crippen molar-refractivity contribution < 1.29 is 22.6 Å². The molecule has 0 aromatic heterocycles. The summed E-state index contributed by atoms with van der Waals surface area (Å²) in [6.07, 6.45) is -4.37. The second-order valence-corrected chi connectivity index (χ2v) is 3.32. The Kier molecular flexibility index (Phi) is 4.35. The summed E-state index contributed by atoms with van der Waals surface area (Å²) >= 11 is 0. The highest BCUT2D eigenvalue weighted by Gasteiger charge is 2.27. The molecule has 0 amide bonds. The molecule has 0 N–H and O–H groups in total. The SMILES string of the molecule is Cc1ccc(C#N)cc1OCOCC(F)(F)F. The number of alkyl halides is 3. The second-order valence-electron chi connectivity index (χ2n) is 3.32. The average Bonchev–Trinajstić information content (AvgIpc) is 2.25. The molecule has 1 rings (SSSR count). The molecule has 0 heterocycles. The van der Waals surface area contributed by atoms with Crippen LogP contribution < -0.4 is 4.74 Å². The van der Waals surface area contributed by atoms with E-state index in [1.807, 2.05) is 6.07 Å². The lowest BCUT2D eigenvalue weighted by Crippen LogP contribution is -2.19. The van der Waals surface area contributed by atoms with Crippen LogP contribution in [0.3, 0.4) is 0 Å². The van der Waals surface area contributed by atoms with Gasteiger partial charge in [-0.3, -0.25) is 0 Å². The van der Waals surface area contributed by atoms with Crippen LogP contribution in [0.25, 0.3) is 0 Å². The van der Waals surface area contributed by atoms with Gasteiger partial charge in [0.25, 0.3) is 0 Å². The topological polar surface area (TPSA) is 42.2 Å². The van der Waals surface area contributed by atoms with Crippen molar-refractivity contribution >= 4 is 0 Å². The minimum Gasteiger partial charge on any atom is -0.467 e. The number of nitriles is 1. The lowest BCUT2D eigenvalue weighted by Gasteiger charge is -2.11. The first kappa shape index (κ1) is 13.3. The number of rotatable bonds is 4. The maximum atomic E-state index is 11.8. The van der Waals surface area contributed by atoms with Crippen molar-refractivity contribution in [3.8, 4) is 11.8 Å². The Morgan fingerprint density at radius 2 is 2.06 bits per heavy atom. The van der Waals surface area contributed by atoms with E-state index in [1.54, 1.807) is 19.1 Å². The van der Waals surface area contributed by atoms with Gasteiger partial charge in [0.2, 0.25) is 0 Å². The number of ether oxygens (including phenoxy) is 2. The molecule has 0 spiro atoms. The molecule has 0 bridgehead atoms. The quantitative estimate of drug-likeness (QED) is 0.605. The standard InChI is InChI=1S/C11H10F3NO2/c1-8-2-3-9(5-15)4-10(8)17-7-16-6-11(12,13)14/h2-4H,6-7H2,1H3. The number of nitrogens with zero attached hydrogens (tertiary/aromatic N) is 1. The minimum absolute atomic E-state index is 0.339. The Morgan fingerprint density at radius 1 is 1.35 bits per heavy atom. The number of aryl methyl sites for hydroxylation is 1. The average molecular weight is 245 g/mol. The van der Waals surface area contributed by atoms with Crippen LogP contribution in [-0.2, 0) is 4.74 Å². The van der Waals surface area contributed by atoms with E-state index < -0.39 is 19.6 Å². The fraction of sp³-hybridized carbons (Fsp3) is 0.364. The minimum atomic E-state index is -4.37. The van der Waals surface area contributed by atoms with Crippen molar-refractivity contribution in [3.05, 3.63) is 29.3 Å². The number of halogens is 3. The first-order chi connectivity index (χ1) is 7.92. The largest absolute Gasteiger partial charge is 0.467 e. The first-order valence-electron chi connectivity index (χ1n) is 4.70. The van der Waals surface area contributed by atoms with Crippen LogP contribution in [-0.4, -0.2) is 19.6 Å². The molecule has 0 saturated carbocycles. The molecular formula is C11H10F3NO2. The van der Waals surface area contributed by atoms with Crippen LogP contribution in [0.5, 0.6) is 5.75 Å². The van der Waals surface area contributed by atoms with Crippen molar-refractivity contribution in [2.24, 2.45) is 0 Å². The summed E-state index contributed by atoms with van der Waals surface area (Å²) in [5.74, 6) is 0.339. The van der Waals surface area contributed by atoms with E-state index in [2.05, 4.69) is 4.74 Å². The Labute approximate surface area is 96.4 Å². The molecule has 0 saturated heterocycles. The molecule has 0 atom stereocenters. The van der Waals surface area contributed by atoms with Crippen LogP contribution in [0, 0.1) is 18.3 Å². The third-order valence-corrected chi connectivity index (χ3v) is 1.88. The van der Waals surface area contributed by atoms with E-state index in [0.717, 1.165) is 5.56 Å². The summed E-state index contributed by atoms with van der Waals surface area (Å²) in [7, 11) is 0. The molecule has 17 heavy (non-hydrogen) atoms. The van der Waals surface area contributed by atoms with E-state index in [0.29, 0.717) is 11.3 Å². The third kappa shape index (κ3) is 4.74. The summed E-state index contributed by atoms with van der Waals surface area (Å²) in [4.78, 5) is 0. The molecule has 0 aliphatic heterocycles. The highest BCUT2D eigenvalue weighted by molar-refractivity contribution is 5.41. The fourth-order valence-corrected chi connectivity index (χ4v) is 1.09. The van der Waals surface area contributed by atoms with Gasteiger partial charge in [0.1, 0.15) is 12.4 Å². The predicted octanol–water partition coefficient (Wildman–Crippen LogP) is 2.78. The molecular weight excluding hydrogens is 235 g/mol. The maximum Gasteiger partial charge on any atom is 0.411 e. The zero-order valence-electron chi connectivity index (χ0n) is 9.04. The van der Waals surface area contributed by atoms with Gasteiger partial charge >= 0.3 is 6.18 Å². The Bertz CT molecular complexity index is 424. The van der Waals surface area contributed by atoms with Crippen molar-refractivity contribution in [2.45, 2.75) is 13.1 Å². The number of hydrogen-bond donors (Lipinski definition) is 0. The summed E-state index contributed by atoms with van der Waals surface area (Å²) in [6.45, 7) is -0.139. The monoisotopic (exact) mass is 245 g/mol. The summed E-state index contributed by atoms with van der Waals surface area (Å²) in [5, 5.41) is 8.65. The molecule has 1 aromatic rings. The highest BCUT2D eigenvalue weighted by atomic mass is 19.4. The van der Waals surface area contributed by atoms with Crippen molar-refractivity contribution in [3.63, 3.8) is 0 Å². The van der Waals surface area contributed by atoms with Crippen molar-refractivity contribution in [1.29, 1.82) is 5.26 Å². The van der Waals surface area contributed by atoms with E-state index in [-0.39, 0.29) is 0 Å². The van der Waals surface area contributed by atoms with Crippen LogP contribution in [0.2, 0.25) is 0 Å². The summed E-state index contributed by atoms with van der Waals surface area (Å²) < 4.78 is 44.6. The van der Waals surface area contributed by atoms with Crippen LogP contribution in [0.4, 0.5) is 13.2 Å². The molecule has 1 aromatic carbocycles. The molecule has 0 aliphatic carbocycles. The Morgan fingerprint density at radius 3 is 2.65 bits per heavy atom. The van der Waals surface area contributed by atoms with E-state index >= 15 is 0 Å². The number of hydrogen-bond acceptors (Lipinski definition) is 3. The lowest BCUT2D eigenvalue weighted by molar-refractivity contribution is -0.186. The summed E-state index contributed by atoms with van der Waals surface area (Å²) in [5.41, 5.74) is 1.10. The predicted molar refractivity (Wildman–Crippen MR) is 53.4 cm³/mol. The van der Waals surface area contributed by atoms with Crippen molar-refractivity contribution in [1.82, 2.24) is 0 Å². The van der Waals surface area contributed by atoms with Gasteiger partial charge in [-0.15, -0.1) is 0 Å². The normalized spacial score (nSPS) is 11.0. The first-order valence-corrected chi connectivity index (χ1v) is 4.70. The van der Waals surface area contributed by atoms with Gasteiger partial charge < -0.3 is 9.47 Å². The van der Waals surface area contributed by atoms with Gasteiger partial charge in [-0.05, 0) is 24.6 Å². The molecule has 92 valence electrons. The zero-order valence-corrected chi connectivity index (χ0v) is 9.04. The zero-order chi connectivity index (χ0) is 12.9. The van der Waals surface area contributed by atoms with Gasteiger partial charge in [0.15, 0.2) is 6.79 Å². The maximum absolute atomic E-state index is 11.8. The fourth-order valence-electron chi connectivity index (χ4n) is 1.09. The molecule has 0 fully saturated rings. The second kappa shape index (κ2) is 5.55. The van der Waals surface area contributed by atoms with Crippen molar-refractivity contribution in [2.75, 3.05) is 13.4 Å². The van der Waals surface area contributed by atoms with Crippen LogP contribution in [0.1, 0.15) is 11.1 Å². The smallest absolute Gasteiger partial charge is 0.411 e. The molecule has 6 heteroatoms. The van der Waals surface area contributed by atoms with Gasteiger partial charge in [0.05, 0.1) is 11.6 Å². The Hall–Kier alpha value is -1.74. The molecule has 0 radical (unpaired) electrons. The van der Waals surface area contributed by atoms with Gasteiger partial charge in [-0.25, -0.2) is 0 Å².